The summed E-state index contributed by atoms with van der Waals surface area (Å²) in [4.78, 5) is 18.7. The predicted octanol–water partition coefficient (Wildman–Crippen LogP) is 1.87. The molecule has 29 heavy (non-hydrogen) atoms. The van der Waals surface area contributed by atoms with E-state index >= 15 is 0 Å². The molecule has 1 unspecified atom stereocenters. The maximum Gasteiger partial charge on any atom is 0.223 e. The Morgan fingerprint density at radius 3 is 2.86 bits per heavy atom. The highest BCUT2D eigenvalue weighted by molar-refractivity contribution is 5.79. The standard InChI is InChI=1S/C20H20N6O3/c1-20(7-6-18(27)25(20)13-14-3-2-8-21-12-14)19-22-23-24-26(19)15-4-5-16-17(11-15)29-10-9-28-16/h2-5,8,11-12H,6-7,9-10,13H2,1H3. The minimum absolute atomic E-state index is 0.0769. The second-order valence-electron chi connectivity index (χ2n) is 7.36. The summed E-state index contributed by atoms with van der Waals surface area (Å²) in [6, 6.07) is 9.43. The first-order valence-corrected chi connectivity index (χ1v) is 9.53. The van der Waals surface area contributed by atoms with E-state index in [-0.39, 0.29) is 5.91 Å². The van der Waals surface area contributed by atoms with Gasteiger partial charge in [-0.05, 0) is 47.5 Å². The zero-order valence-electron chi connectivity index (χ0n) is 16.0. The molecule has 1 atom stereocenters. The van der Waals surface area contributed by atoms with Gasteiger partial charge in [0.2, 0.25) is 5.91 Å². The van der Waals surface area contributed by atoms with Gasteiger partial charge < -0.3 is 14.4 Å². The average Bonchev–Trinajstić information content (AvgIpc) is 3.36. The molecule has 2 aliphatic heterocycles. The fraction of sp³-hybridized carbons (Fsp3) is 0.350. The Hall–Kier alpha value is -3.49. The lowest BCUT2D eigenvalue weighted by Gasteiger charge is -2.34. The van der Waals surface area contributed by atoms with Crippen LogP contribution in [-0.4, -0.2) is 49.2 Å². The van der Waals surface area contributed by atoms with E-state index in [9.17, 15) is 4.79 Å². The summed E-state index contributed by atoms with van der Waals surface area (Å²) < 4.78 is 13.0. The smallest absolute Gasteiger partial charge is 0.223 e. The molecule has 3 aromatic rings. The number of tetrazole rings is 1. The molecule has 0 N–H and O–H groups in total. The van der Waals surface area contributed by atoms with Crippen LogP contribution in [0.25, 0.3) is 5.69 Å². The Bertz CT molecular complexity index is 1050. The van der Waals surface area contributed by atoms with Crippen molar-refractivity contribution in [1.82, 2.24) is 30.1 Å². The van der Waals surface area contributed by atoms with Gasteiger partial charge in [0, 0.05) is 31.4 Å². The molecule has 1 aromatic carbocycles. The number of hydrogen-bond acceptors (Lipinski definition) is 7. The first-order valence-electron chi connectivity index (χ1n) is 9.53. The number of carbonyl (C=O) groups is 1. The first-order chi connectivity index (χ1) is 14.1. The van der Waals surface area contributed by atoms with Gasteiger partial charge in [0.15, 0.2) is 17.3 Å². The van der Waals surface area contributed by atoms with E-state index < -0.39 is 5.54 Å². The van der Waals surface area contributed by atoms with Crippen LogP contribution in [0.15, 0.2) is 42.7 Å². The quantitative estimate of drug-likeness (QED) is 0.669. The normalized spacial score (nSPS) is 20.9. The molecule has 1 fully saturated rings. The summed E-state index contributed by atoms with van der Waals surface area (Å²) in [5, 5.41) is 12.4. The molecule has 2 aromatic heterocycles. The second kappa shape index (κ2) is 6.84. The highest BCUT2D eigenvalue weighted by Crippen LogP contribution is 2.40. The molecule has 2 aliphatic rings. The number of nitrogens with zero attached hydrogens (tertiary/aromatic N) is 6. The molecule has 9 heteroatoms. The lowest BCUT2D eigenvalue weighted by atomic mass is 9.97. The maximum atomic E-state index is 12.7. The predicted molar refractivity (Wildman–Crippen MR) is 102 cm³/mol. The van der Waals surface area contributed by atoms with Gasteiger partial charge in [0.1, 0.15) is 18.8 Å². The minimum Gasteiger partial charge on any atom is -0.486 e. The SMILES string of the molecule is CC1(c2nnnn2-c2ccc3c(c2)OCCO3)CCC(=O)N1Cc1cccnc1. The van der Waals surface area contributed by atoms with Crippen molar-refractivity contribution in [2.24, 2.45) is 0 Å². The van der Waals surface area contributed by atoms with Crippen molar-refractivity contribution in [1.29, 1.82) is 0 Å². The number of hydrogen-bond donors (Lipinski definition) is 0. The molecule has 0 spiro atoms. The zero-order valence-corrected chi connectivity index (χ0v) is 16.0. The van der Waals surface area contributed by atoms with Crippen molar-refractivity contribution in [2.75, 3.05) is 13.2 Å². The van der Waals surface area contributed by atoms with Gasteiger partial charge in [-0.25, -0.2) is 0 Å². The molecule has 0 saturated carbocycles. The molecule has 148 valence electrons. The lowest BCUT2D eigenvalue weighted by Crippen LogP contribution is -2.42. The molecule has 4 heterocycles. The highest BCUT2D eigenvalue weighted by atomic mass is 16.6. The van der Waals surface area contributed by atoms with E-state index in [1.54, 1.807) is 17.1 Å². The fourth-order valence-corrected chi connectivity index (χ4v) is 3.93. The van der Waals surface area contributed by atoms with Crippen LogP contribution < -0.4 is 9.47 Å². The molecule has 5 rings (SSSR count). The van der Waals surface area contributed by atoms with Gasteiger partial charge >= 0.3 is 0 Å². The van der Waals surface area contributed by atoms with Crippen molar-refractivity contribution in [2.45, 2.75) is 31.8 Å². The number of aromatic nitrogens is 5. The molecular weight excluding hydrogens is 372 g/mol. The summed E-state index contributed by atoms with van der Waals surface area (Å²) in [5.41, 5.74) is 1.09. The number of likely N-dealkylation sites (tertiary alicyclic amines) is 1. The number of pyridine rings is 1. The molecule has 9 nitrogen and oxygen atoms in total. The third-order valence-electron chi connectivity index (χ3n) is 5.51. The largest absolute Gasteiger partial charge is 0.486 e. The zero-order chi connectivity index (χ0) is 19.8. The van der Waals surface area contributed by atoms with E-state index in [2.05, 4.69) is 20.5 Å². The Balaban J connectivity index is 1.52. The van der Waals surface area contributed by atoms with Gasteiger partial charge in [-0.15, -0.1) is 5.10 Å². The number of benzene rings is 1. The molecule has 0 radical (unpaired) electrons. The van der Waals surface area contributed by atoms with E-state index in [0.29, 0.717) is 49.9 Å². The van der Waals surface area contributed by atoms with Crippen molar-refractivity contribution in [3.63, 3.8) is 0 Å². The highest BCUT2D eigenvalue weighted by Gasteiger charge is 2.46. The van der Waals surface area contributed by atoms with Crippen LogP contribution in [0.2, 0.25) is 0 Å². The van der Waals surface area contributed by atoms with Gasteiger partial charge in [-0.2, -0.15) is 4.68 Å². The number of ether oxygens (including phenoxy) is 2. The van der Waals surface area contributed by atoms with Crippen LogP contribution in [0.1, 0.15) is 31.2 Å². The molecule has 1 saturated heterocycles. The van der Waals surface area contributed by atoms with E-state index in [1.807, 2.05) is 42.2 Å². The van der Waals surface area contributed by atoms with Crippen LogP contribution in [0.3, 0.4) is 0 Å². The van der Waals surface area contributed by atoms with Crippen LogP contribution in [-0.2, 0) is 16.9 Å². The first kappa shape index (κ1) is 17.6. The second-order valence-corrected chi connectivity index (χ2v) is 7.36. The van der Waals surface area contributed by atoms with Crippen LogP contribution >= 0.6 is 0 Å². The summed E-state index contributed by atoms with van der Waals surface area (Å²) >= 11 is 0. The Kier molecular flexibility index (Phi) is 4.15. The van der Waals surface area contributed by atoms with E-state index in [1.165, 1.54) is 0 Å². The number of fused-ring (bicyclic) bond motifs is 1. The third-order valence-corrected chi connectivity index (χ3v) is 5.51. The maximum absolute atomic E-state index is 12.7. The molecule has 1 amide bonds. The number of rotatable bonds is 4. The molecule has 0 bridgehead atoms. The minimum atomic E-state index is -0.635. The Morgan fingerprint density at radius 2 is 2.03 bits per heavy atom. The molecular formula is C20H20N6O3. The summed E-state index contributed by atoms with van der Waals surface area (Å²) in [6.45, 7) is 3.50. The number of amides is 1. The van der Waals surface area contributed by atoms with Gasteiger partial charge in [0.25, 0.3) is 0 Å². The van der Waals surface area contributed by atoms with Crippen LogP contribution in [0.4, 0.5) is 0 Å². The fourth-order valence-electron chi connectivity index (χ4n) is 3.93. The summed E-state index contributed by atoms with van der Waals surface area (Å²) in [5.74, 6) is 2.06. The molecule has 0 aliphatic carbocycles. The Morgan fingerprint density at radius 1 is 1.17 bits per heavy atom. The third kappa shape index (κ3) is 2.98. The van der Waals surface area contributed by atoms with Gasteiger partial charge in [0.05, 0.1) is 5.69 Å². The van der Waals surface area contributed by atoms with Crippen molar-refractivity contribution < 1.29 is 14.3 Å². The van der Waals surface area contributed by atoms with E-state index in [4.69, 9.17) is 9.47 Å². The van der Waals surface area contributed by atoms with Gasteiger partial charge in [-0.3, -0.25) is 9.78 Å². The number of carbonyl (C=O) groups excluding carboxylic acids is 1. The van der Waals surface area contributed by atoms with Gasteiger partial charge in [-0.1, -0.05) is 6.07 Å². The van der Waals surface area contributed by atoms with Crippen molar-refractivity contribution in [3.05, 3.63) is 54.1 Å². The van der Waals surface area contributed by atoms with E-state index in [0.717, 1.165) is 11.3 Å². The summed E-state index contributed by atoms with van der Waals surface area (Å²) in [6.07, 6.45) is 4.58. The average molecular weight is 392 g/mol. The van der Waals surface area contributed by atoms with Crippen LogP contribution in [0.5, 0.6) is 11.5 Å². The van der Waals surface area contributed by atoms with Crippen LogP contribution in [0, 0.1) is 0 Å². The topological polar surface area (TPSA) is 95.3 Å². The van der Waals surface area contributed by atoms with Crippen molar-refractivity contribution >= 4 is 5.91 Å². The van der Waals surface area contributed by atoms with Crippen molar-refractivity contribution in [3.8, 4) is 17.2 Å². The lowest BCUT2D eigenvalue weighted by molar-refractivity contribution is -0.132. The summed E-state index contributed by atoms with van der Waals surface area (Å²) in [7, 11) is 0. The monoisotopic (exact) mass is 392 g/mol. The Labute approximate surface area is 167 Å².